The van der Waals surface area contributed by atoms with E-state index < -0.39 is 0 Å². The van der Waals surface area contributed by atoms with Crippen molar-refractivity contribution in [3.8, 4) is 0 Å². The predicted molar refractivity (Wildman–Crippen MR) is 118 cm³/mol. The lowest BCUT2D eigenvalue weighted by atomic mass is 10.1. The summed E-state index contributed by atoms with van der Waals surface area (Å²) >= 11 is 0. The van der Waals surface area contributed by atoms with Crippen molar-refractivity contribution in [3.63, 3.8) is 0 Å². The van der Waals surface area contributed by atoms with E-state index in [4.69, 9.17) is 9.15 Å². The van der Waals surface area contributed by atoms with Crippen LogP contribution in [-0.4, -0.2) is 48.4 Å². The second kappa shape index (κ2) is 11.9. The highest BCUT2D eigenvalue weighted by molar-refractivity contribution is 5.86. The molecule has 3 aromatic rings. The number of methoxy groups -OCH3 is 1. The first kappa shape index (κ1) is 24.1. The maximum atomic E-state index is 13.3. The topological polar surface area (TPSA) is 63.0 Å². The Morgan fingerprint density at radius 1 is 0.848 bits per heavy atom. The van der Waals surface area contributed by atoms with Gasteiger partial charge in [-0.1, -0.05) is 24.3 Å². The number of halogens is 2. The molecular weight excluding hydrogens is 430 g/mol. The standard InChI is InChI=1S/C25H26F2N2O4/c1-32-14-12-28(24(30)15-19-4-8-21(26)9-5-19)18-25(31)29(17-23-3-2-13-33-23)16-20-6-10-22(27)11-7-20/h2-11,13H,12,14-18H2,1H3. The summed E-state index contributed by atoms with van der Waals surface area (Å²) in [5, 5.41) is 0. The number of hydrogen-bond donors (Lipinski definition) is 0. The van der Waals surface area contributed by atoms with Crippen LogP contribution < -0.4 is 0 Å². The third-order valence-corrected chi connectivity index (χ3v) is 5.08. The van der Waals surface area contributed by atoms with Crippen molar-refractivity contribution in [1.29, 1.82) is 0 Å². The highest BCUT2D eigenvalue weighted by atomic mass is 19.1. The minimum Gasteiger partial charge on any atom is -0.467 e. The number of benzene rings is 2. The van der Waals surface area contributed by atoms with E-state index in [1.165, 1.54) is 42.5 Å². The molecule has 0 spiro atoms. The van der Waals surface area contributed by atoms with Gasteiger partial charge in [0.25, 0.3) is 0 Å². The maximum Gasteiger partial charge on any atom is 0.242 e. The van der Waals surface area contributed by atoms with Crippen LogP contribution in [0.3, 0.4) is 0 Å². The average Bonchev–Trinajstić information content (AvgIpc) is 3.32. The first-order valence-electron chi connectivity index (χ1n) is 10.5. The number of amides is 2. The van der Waals surface area contributed by atoms with Crippen molar-refractivity contribution in [2.75, 3.05) is 26.8 Å². The molecule has 8 heteroatoms. The Hall–Kier alpha value is -3.52. The molecule has 0 radical (unpaired) electrons. The summed E-state index contributed by atoms with van der Waals surface area (Å²) < 4.78 is 37.0. The largest absolute Gasteiger partial charge is 0.467 e. The lowest BCUT2D eigenvalue weighted by Crippen LogP contribution is -2.44. The summed E-state index contributed by atoms with van der Waals surface area (Å²) in [4.78, 5) is 29.1. The second-order valence-electron chi connectivity index (χ2n) is 7.57. The average molecular weight is 456 g/mol. The van der Waals surface area contributed by atoms with Gasteiger partial charge in [-0.2, -0.15) is 0 Å². The Labute approximate surface area is 191 Å². The summed E-state index contributed by atoms with van der Waals surface area (Å²) in [6.45, 7) is 0.759. The van der Waals surface area contributed by atoms with Gasteiger partial charge in [0, 0.05) is 20.2 Å². The Morgan fingerprint density at radius 2 is 1.48 bits per heavy atom. The molecule has 6 nitrogen and oxygen atoms in total. The maximum absolute atomic E-state index is 13.3. The van der Waals surface area contributed by atoms with Gasteiger partial charge < -0.3 is 19.0 Å². The molecule has 1 heterocycles. The van der Waals surface area contributed by atoms with Gasteiger partial charge >= 0.3 is 0 Å². The summed E-state index contributed by atoms with van der Waals surface area (Å²) in [6, 6.07) is 15.1. The van der Waals surface area contributed by atoms with Crippen molar-refractivity contribution in [2.45, 2.75) is 19.5 Å². The minimum atomic E-state index is -0.382. The molecule has 0 bridgehead atoms. The van der Waals surface area contributed by atoms with Crippen molar-refractivity contribution < 1.29 is 27.5 Å². The highest BCUT2D eigenvalue weighted by Crippen LogP contribution is 2.13. The SMILES string of the molecule is COCCN(CC(=O)N(Cc1ccc(F)cc1)Cc1ccco1)C(=O)Cc1ccc(F)cc1. The van der Waals surface area contributed by atoms with E-state index >= 15 is 0 Å². The van der Waals surface area contributed by atoms with Gasteiger partial charge in [0.05, 0.1) is 32.4 Å². The summed E-state index contributed by atoms with van der Waals surface area (Å²) in [5.41, 5.74) is 1.40. The zero-order chi connectivity index (χ0) is 23.6. The number of carbonyl (C=O) groups excluding carboxylic acids is 2. The van der Waals surface area contributed by atoms with E-state index in [-0.39, 0.29) is 62.7 Å². The molecule has 0 saturated heterocycles. The van der Waals surface area contributed by atoms with Crippen molar-refractivity contribution in [2.24, 2.45) is 0 Å². The van der Waals surface area contributed by atoms with Crippen molar-refractivity contribution in [1.82, 2.24) is 9.80 Å². The van der Waals surface area contributed by atoms with Gasteiger partial charge in [-0.25, -0.2) is 8.78 Å². The Balaban J connectivity index is 1.73. The number of carbonyl (C=O) groups is 2. The zero-order valence-electron chi connectivity index (χ0n) is 18.4. The molecule has 0 saturated carbocycles. The summed E-state index contributed by atoms with van der Waals surface area (Å²) in [6.07, 6.45) is 1.56. The second-order valence-corrected chi connectivity index (χ2v) is 7.57. The molecule has 2 aromatic carbocycles. The molecule has 0 aliphatic heterocycles. The third kappa shape index (κ3) is 7.54. The van der Waals surface area contributed by atoms with Crippen LogP contribution in [0.4, 0.5) is 8.78 Å². The van der Waals surface area contributed by atoms with Gasteiger partial charge in [0.2, 0.25) is 11.8 Å². The van der Waals surface area contributed by atoms with Crippen LogP contribution in [0.1, 0.15) is 16.9 Å². The number of ether oxygens (including phenoxy) is 1. The minimum absolute atomic E-state index is 0.0351. The quantitative estimate of drug-likeness (QED) is 0.440. The van der Waals surface area contributed by atoms with E-state index in [0.29, 0.717) is 11.3 Å². The normalized spacial score (nSPS) is 10.8. The fourth-order valence-corrected chi connectivity index (χ4v) is 3.28. The number of nitrogens with zero attached hydrogens (tertiary/aromatic N) is 2. The molecule has 33 heavy (non-hydrogen) atoms. The van der Waals surface area contributed by atoms with Gasteiger partial charge in [0.1, 0.15) is 17.4 Å². The third-order valence-electron chi connectivity index (χ3n) is 5.08. The highest BCUT2D eigenvalue weighted by Gasteiger charge is 2.22. The molecule has 3 rings (SSSR count). The molecule has 0 atom stereocenters. The molecule has 0 N–H and O–H groups in total. The summed E-state index contributed by atoms with van der Waals surface area (Å²) in [7, 11) is 1.52. The number of rotatable bonds is 11. The first-order chi connectivity index (χ1) is 15.9. The molecule has 0 aliphatic carbocycles. The molecule has 174 valence electrons. The lowest BCUT2D eigenvalue weighted by Gasteiger charge is -2.27. The molecule has 1 aromatic heterocycles. The van der Waals surface area contributed by atoms with Gasteiger partial charge in [0.15, 0.2) is 0 Å². The van der Waals surface area contributed by atoms with Gasteiger partial charge in [-0.3, -0.25) is 9.59 Å². The first-order valence-corrected chi connectivity index (χ1v) is 10.5. The van der Waals surface area contributed by atoms with Crippen LogP contribution >= 0.6 is 0 Å². The van der Waals surface area contributed by atoms with E-state index in [0.717, 1.165) is 5.56 Å². The van der Waals surface area contributed by atoms with Crippen LogP contribution in [0.5, 0.6) is 0 Å². The van der Waals surface area contributed by atoms with Crippen LogP contribution in [0.15, 0.2) is 71.3 Å². The van der Waals surface area contributed by atoms with Crippen LogP contribution in [0.25, 0.3) is 0 Å². The molecule has 0 unspecified atom stereocenters. The number of hydrogen-bond acceptors (Lipinski definition) is 4. The van der Waals surface area contributed by atoms with Crippen molar-refractivity contribution in [3.05, 3.63) is 95.4 Å². The van der Waals surface area contributed by atoms with Gasteiger partial charge in [-0.05, 0) is 47.5 Å². The number of furan rings is 1. The van der Waals surface area contributed by atoms with E-state index in [9.17, 15) is 18.4 Å². The fourth-order valence-electron chi connectivity index (χ4n) is 3.28. The Kier molecular flexibility index (Phi) is 8.71. The predicted octanol–water partition coefficient (Wildman–Crippen LogP) is 3.80. The van der Waals surface area contributed by atoms with Crippen LogP contribution in [0.2, 0.25) is 0 Å². The zero-order valence-corrected chi connectivity index (χ0v) is 18.4. The monoisotopic (exact) mass is 456 g/mol. The molecular formula is C25H26F2N2O4. The molecule has 0 aliphatic rings. The molecule has 0 fully saturated rings. The van der Waals surface area contributed by atoms with Crippen LogP contribution in [-0.2, 0) is 33.8 Å². The fraction of sp³-hybridized carbons (Fsp3) is 0.280. The lowest BCUT2D eigenvalue weighted by molar-refractivity contribution is -0.141. The smallest absolute Gasteiger partial charge is 0.242 e. The molecule has 2 amide bonds. The summed E-state index contributed by atoms with van der Waals surface area (Å²) in [5.74, 6) is -0.718. The van der Waals surface area contributed by atoms with Gasteiger partial charge in [-0.15, -0.1) is 0 Å². The Morgan fingerprint density at radius 3 is 2.06 bits per heavy atom. The van der Waals surface area contributed by atoms with Crippen molar-refractivity contribution >= 4 is 11.8 Å². The van der Waals surface area contributed by atoms with E-state index in [1.807, 2.05) is 0 Å². The van der Waals surface area contributed by atoms with E-state index in [2.05, 4.69) is 0 Å². The van der Waals surface area contributed by atoms with Crippen LogP contribution in [0, 0.1) is 11.6 Å². The van der Waals surface area contributed by atoms with E-state index in [1.54, 1.807) is 41.3 Å². The Bertz CT molecular complexity index is 1020.